The number of aryl methyl sites for hydroxylation is 1. The summed E-state index contributed by atoms with van der Waals surface area (Å²) in [6.07, 6.45) is 0.670. The van der Waals surface area contributed by atoms with Gasteiger partial charge in [-0.05, 0) is 44.9 Å². The van der Waals surface area contributed by atoms with E-state index in [9.17, 15) is 17.6 Å². The molecule has 1 rings (SSSR count). The summed E-state index contributed by atoms with van der Waals surface area (Å²) in [5, 5.41) is 0. The van der Waals surface area contributed by atoms with Crippen molar-refractivity contribution in [3.63, 3.8) is 0 Å². The molecule has 1 amide bonds. The number of hydrogen-bond acceptors (Lipinski definition) is 3. The fourth-order valence-electron chi connectivity index (χ4n) is 1.73. The number of nitrogens with zero attached hydrogens (tertiary/aromatic N) is 1. The third kappa shape index (κ3) is 3.74. The van der Waals surface area contributed by atoms with Crippen LogP contribution in [0.25, 0.3) is 0 Å². The van der Waals surface area contributed by atoms with Crippen molar-refractivity contribution in [2.75, 3.05) is 7.05 Å². The molecule has 0 N–H and O–H groups in total. The van der Waals surface area contributed by atoms with Crippen LogP contribution in [0.15, 0.2) is 17.0 Å². The van der Waals surface area contributed by atoms with Crippen LogP contribution in [0.5, 0.6) is 0 Å². The predicted octanol–water partition coefficient (Wildman–Crippen LogP) is 3.32. The molecular weight excluding hydrogens is 317 g/mol. The minimum Gasteiger partial charge on any atom is -0.337 e. The van der Waals surface area contributed by atoms with Gasteiger partial charge in [-0.3, -0.25) is 4.79 Å². The summed E-state index contributed by atoms with van der Waals surface area (Å²) >= 11 is 0. The zero-order chi connectivity index (χ0) is 16.6. The smallest absolute Gasteiger partial charge is 0.261 e. The first-order valence-electron chi connectivity index (χ1n) is 6.44. The molecule has 0 aliphatic carbocycles. The van der Waals surface area contributed by atoms with E-state index in [0.29, 0.717) is 6.42 Å². The normalized spacial score (nSPS) is 12.3. The second-order valence-corrected chi connectivity index (χ2v) is 8.14. The summed E-state index contributed by atoms with van der Waals surface area (Å²) in [5.41, 5.74) is -0.714. The molecule has 1 aromatic rings. The predicted molar refractivity (Wildman–Crippen MR) is 80.6 cm³/mol. The van der Waals surface area contributed by atoms with Gasteiger partial charge in [0.05, 0.1) is 10.5 Å². The van der Waals surface area contributed by atoms with E-state index in [2.05, 4.69) is 0 Å². The van der Waals surface area contributed by atoms with Crippen molar-refractivity contribution in [2.24, 2.45) is 0 Å². The first kappa shape index (κ1) is 17.9. The number of carbonyl (C=O) groups excluding carboxylic acids is 1. The lowest BCUT2D eigenvalue weighted by atomic mass is 9.98. The average molecular weight is 336 g/mol. The Morgan fingerprint density at radius 3 is 2.33 bits per heavy atom. The molecule has 0 heterocycles. The molecule has 4 nitrogen and oxygen atoms in total. The average Bonchev–Trinajstić information content (AvgIpc) is 2.38. The number of carbonyl (C=O) groups is 1. The van der Waals surface area contributed by atoms with Crippen LogP contribution in [-0.4, -0.2) is 31.8 Å². The monoisotopic (exact) mass is 335 g/mol. The number of hydrogen-bond donors (Lipinski definition) is 0. The van der Waals surface area contributed by atoms with Gasteiger partial charge in [0.15, 0.2) is 0 Å². The lowest BCUT2D eigenvalue weighted by molar-refractivity contribution is 0.0615. The number of rotatable bonds is 4. The van der Waals surface area contributed by atoms with Gasteiger partial charge in [-0.2, -0.15) is 0 Å². The maximum absolute atomic E-state index is 14.2. The molecule has 118 valence electrons. The summed E-state index contributed by atoms with van der Waals surface area (Å²) in [6, 6.07) is 2.09. The molecule has 0 aromatic heterocycles. The fourth-order valence-corrected chi connectivity index (χ4v) is 2.57. The van der Waals surface area contributed by atoms with Crippen LogP contribution in [0.4, 0.5) is 4.39 Å². The topological polar surface area (TPSA) is 54.5 Å². The van der Waals surface area contributed by atoms with Crippen LogP contribution in [0, 0.1) is 12.7 Å². The molecule has 0 atom stereocenters. The van der Waals surface area contributed by atoms with Gasteiger partial charge in [-0.25, -0.2) is 12.8 Å². The Balaban J connectivity index is 3.43. The summed E-state index contributed by atoms with van der Waals surface area (Å²) in [4.78, 5) is 13.6. The minimum absolute atomic E-state index is 0.0581. The molecule has 0 unspecified atom stereocenters. The van der Waals surface area contributed by atoms with E-state index in [1.54, 1.807) is 7.05 Å². The summed E-state index contributed by atoms with van der Waals surface area (Å²) in [5.74, 6) is -1.31. The highest BCUT2D eigenvalue weighted by Gasteiger charge is 2.29. The largest absolute Gasteiger partial charge is 0.337 e. The van der Waals surface area contributed by atoms with Crippen molar-refractivity contribution in [3.8, 4) is 0 Å². The van der Waals surface area contributed by atoms with Crippen molar-refractivity contribution in [3.05, 3.63) is 29.1 Å². The Labute approximate surface area is 129 Å². The van der Waals surface area contributed by atoms with Crippen LogP contribution >= 0.6 is 10.7 Å². The van der Waals surface area contributed by atoms with Crippen LogP contribution in [0.3, 0.4) is 0 Å². The highest BCUT2D eigenvalue weighted by Crippen LogP contribution is 2.25. The fraction of sp³-hybridized carbons (Fsp3) is 0.500. The zero-order valence-corrected chi connectivity index (χ0v) is 14.3. The van der Waals surface area contributed by atoms with Crippen molar-refractivity contribution >= 4 is 25.6 Å². The van der Waals surface area contributed by atoms with Gasteiger partial charge in [0.25, 0.3) is 15.0 Å². The highest BCUT2D eigenvalue weighted by atomic mass is 35.7. The molecule has 0 aliphatic rings. The molecule has 0 aliphatic heterocycles. The second kappa shape index (κ2) is 5.93. The van der Waals surface area contributed by atoms with Gasteiger partial charge in [-0.1, -0.05) is 6.92 Å². The van der Waals surface area contributed by atoms with Gasteiger partial charge < -0.3 is 4.90 Å². The van der Waals surface area contributed by atoms with E-state index in [-0.39, 0.29) is 16.0 Å². The number of amides is 1. The van der Waals surface area contributed by atoms with E-state index in [1.165, 1.54) is 11.8 Å². The van der Waals surface area contributed by atoms with Gasteiger partial charge in [0.1, 0.15) is 5.82 Å². The lowest BCUT2D eigenvalue weighted by Crippen LogP contribution is -2.44. The molecule has 0 spiro atoms. The van der Waals surface area contributed by atoms with Crippen molar-refractivity contribution in [1.29, 1.82) is 0 Å². The number of halogens is 2. The summed E-state index contributed by atoms with van der Waals surface area (Å²) in [6.45, 7) is 6.99. The second-order valence-electron chi connectivity index (χ2n) is 5.57. The molecular formula is C14H19ClFNO3S. The van der Waals surface area contributed by atoms with Crippen molar-refractivity contribution < 1.29 is 17.6 Å². The van der Waals surface area contributed by atoms with Crippen LogP contribution in [-0.2, 0) is 9.05 Å². The molecule has 7 heteroatoms. The Kier molecular flexibility index (Phi) is 5.05. The van der Waals surface area contributed by atoms with Gasteiger partial charge in [0, 0.05) is 23.3 Å². The molecule has 0 fully saturated rings. The minimum atomic E-state index is -4.03. The highest BCUT2D eigenvalue weighted by molar-refractivity contribution is 8.13. The van der Waals surface area contributed by atoms with E-state index in [1.807, 2.05) is 20.8 Å². The molecule has 0 bridgehead atoms. The van der Waals surface area contributed by atoms with Crippen molar-refractivity contribution in [2.45, 2.75) is 44.6 Å². The first-order chi connectivity index (χ1) is 9.41. The molecule has 21 heavy (non-hydrogen) atoms. The third-order valence-corrected chi connectivity index (χ3v) is 5.15. The van der Waals surface area contributed by atoms with Crippen LogP contribution in [0.1, 0.15) is 43.1 Å². The third-order valence-electron chi connectivity index (χ3n) is 3.82. The molecule has 1 aromatic carbocycles. The van der Waals surface area contributed by atoms with E-state index in [0.717, 1.165) is 12.1 Å². The van der Waals surface area contributed by atoms with Gasteiger partial charge in [0.2, 0.25) is 0 Å². The van der Waals surface area contributed by atoms with Crippen molar-refractivity contribution in [1.82, 2.24) is 4.90 Å². The zero-order valence-electron chi connectivity index (χ0n) is 12.7. The Morgan fingerprint density at radius 2 is 1.90 bits per heavy atom. The number of benzene rings is 1. The standard InChI is InChI=1S/C14H19ClFNO3S/c1-6-14(3,4)17(5)13(18)11-8-10(21(15,19)20)7-9(2)12(11)16/h7-8H,6H2,1-5H3. The summed E-state index contributed by atoms with van der Waals surface area (Å²) in [7, 11) is 2.81. The van der Waals surface area contributed by atoms with E-state index >= 15 is 0 Å². The SMILES string of the molecule is CCC(C)(C)N(C)C(=O)c1cc(S(=O)(=O)Cl)cc(C)c1F. The lowest BCUT2D eigenvalue weighted by Gasteiger charge is -2.35. The van der Waals surface area contributed by atoms with Crippen LogP contribution in [0.2, 0.25) is 0 Å². The Hall–Kier alpha value is -1.14. The van der Waals surface area contributed by atoms with E-state index in [4.69, 9.17) is 10.7 Å². The first-order valence-corrected chi connectivity index (χ1v) is 8.75. The maximum atomic E-state index is 14.2. The quantitative estimate of drug-likeness (QED) is 0.793. The van der Waals surface area contributed by atoms with Gasteiger partial charge >= 0.3 is 0 Å². The van der Waals surface area contributed by atoms with Crippen LogP contribution < -0.4 is 0 Å². The Bertz CT molecular complexity index is 671. The molecule has 0 radical (unpaired) electrons. The summed E-state index contributed by atoms with van der Waals surface area (Å²) < 4.78 is 37.0. The molecule has 0 saturated carbocycles. The Morgan fingerprint density at radius 1 is 1.38 bits per heavy atom. The van der Waals surface area contributed by atoms with E-state index < -0.39 is 26.3 Å². The maximum Gasteiger partial charge on any atom is 0.261 e. The molecule has 0 saturated heterocycles. The van der Waals surface area contributed by atoms with Gasteiger partial charge in [-0.15, -0.1) is 0 Å².